The number of quaternary nitrogens is 1. The first-order valence-electron chi connectivity index (χ1n) is 8.82. The van der Waals surface area contributed by atoms with Gasteiger partial charge in [-0.3, -0.25) is 9.48 Å². The number of hydrogen-bond acceptors (Lipinski definition) is 1. The Labute approximate surface area is 148 Å². The van der Waals surface area contributed by atoms with E-state index in [1.807, 2.05) is 55.1 Å². The van der Waals surface area contributed by atoms with Crippen molar-refractivity contribution in [1.82, 2.24) is 9.36 Å². The van der Waals surface area contributed by atoms with Gasteiger partial charge in [0.2, 0.25) is 0 Å². The molecule has 0 bridgehead atoms. The van der Waals surface area contributed by atoms with Gasteiger partial charge in [-0.05, 0) is 26.0 Å². The van der Waals surface area contributed by atoms with Gasteiger partial charge in [-0.1, -0.05) is 48.5 Å². The average Bonchev–Trinajstić information content (AvgIpc) is 2.86. The van der Waals surface area contributed by atoms with E-state index in [9.17, 15) is 4.79 Å². The molecule has 1 aromatic heterocycles. The van der Waals surface area contributed by atoms with Gasteiger partial charge in [0.1, 0.15) is 13.1 Å². The molecule has 0 spiro atoms. The summed E-state index contributed by atoms with van der Waals surface area (Å²) in [6, 6.07) is 20.3. The van der Waals surface area contributed by atoms with Gasteiger partial charge >= 0.3 is 0 Å². The molecular formula is C21H26N3O+. The van der Waals surface area contributed by atoms with Crippen LogP contribution < -0.4 is 10.5 Å². The van der Waals surface area contributed by atoms with Crippen LogP contribution >= 0.6 is 0 Å². The van der Waals surface area contributed by atoms with E-state index in [0.29, 0.717) is 0 Å². The second-order valence-corrected chi connectivity index (χ2v) is 6.48. The minimum Gasteiger partial charge on any atom is -0.327 e. The Morgan fingerprint density at radius 2 is 1.52 bits per heavy atom. The van der Waals surface area contributed by atoms with Crippen LogP contribution in [0.25, 0.3) is 5.69 Å². The normalized spacial score (nSPS) is 12.3. The Balaban J connectivity index is 1.91. The lowest BCUT2D eigenvalue weighted by Crippen LogP contribution is -3.09. The standard InChI is InChI=1S/C21H25N3O/c1-4-23(15-18-11-7-5-8-12-18)16-20-17(2)22(3)24(21(20)25)19-13-9-6-10-14-19/h5-14H,4,15-16H2,1-3H3/p+1. The SMILES string of the molecule is CC[NH+](Cc1ccccc1)Cc1c(C)n(C)n(-c2ccccc2)c1=O. The first-order valence-corrected chi connectivity index (χ1v) is 8.82. The predicted molar refractivity (Wildman–Crippen MR) is 101 cm³/mol. The lowest BCUT2D eigenvalue weighted by Gasteiger charge is -2.17. The third-order valence-electron chi connectivity index (χ3n) is 4.90. The quantitative estimate of drug-likeness (QED) is 0.734. The Morgan fingerprint density at radius 3 is 2.12 bits per heavy atom. The summed E-state index contributed by atoms with van der Waals surface area (Å²) in [6.07, 6.45) is 0. The number of nitrogens with one attached hydrogen (secondary N) is 1. The largest absolute Gasteiger partial charge is 0.327 e. The van der Waals surface area contributed by atoms with Crippen LogP contribution in [0.4, 0.5) is 0 Å². The Kier molecular flexibility index (Phi) is 5.19. The maximum absolute atomic E-state index is 13.0. The van der Waals surface area contributed by atoms with Crippen molar-refractivity contribution in [3.05, 3.63) is 87.8 Å². The minimum atomic E-state index is 0.0882. The number of aromatic nitrogens is 2. The molecule has 25 heavy (non-hydrogen) atoms. The van der Waals surface area contributed by atoms with E-state index in [2.05, 4.69) is 31.2 Å². The Hall–Kier alpha value is -2.59. The molecule has 0 radical (unpaired) electrons. The van der Waals surface area contributed by atoms with Crippen molar-refractivity contribution >= 4 is 0 Å². The van der Waals surface area contributed by atoms with Crippen LogP contribution in [-0.2, 0) is 20.1 Å². The van der Waals surface area contributed by atoms with Crippen LogP contribution in [0, 0.1) is 6.92 Å². The molecule has 0 aliphatic rings. The van der Waals surface area contributed by atoms with Crippen molar-refractivity contribution in [1.29, 1.82) is 0 Å². The second-order valence-electron chi connectivity index (χ2n) is 6.48. The molecule has 3 aromatic rings. The number of rotatable bonds is 6. The summed E-state index contributed by atoms with van der Waals surface area (Å²) in [7, 11) is 1.95. The third-order valence-corrected chi connectivity index (χ3v) is 4.90. The molecule has 2 aromatic carbocycles. The monoisotopic (exact) mass is 336 g/mol. The topological polar surface area (TPSA) is 31.4 Å². The highest BCUT2D eigenvalue weighted by Crippen LogP contribution is 2.09. The van der Waals surface area contributed by atoms with Gasteiger partial charge in [0.25, 0.3) is 5.56 Å². The van der Waals surface area contributed by atoms with Crippen molar-refractivity contribution in [2.75, 3.05) is 6.54 Å². The molecule has 0 amide bonds. The van der Waals surface area contributed by atoms with E-state index in [-0.39, 0.29) is 5.56 Å². The van der Waals surface area contributed by atoms with E-state index in [1.165, 1.54) is 10.5 Å². The predicted octanol–water partition coefficient (Wildman–Crippen LogP) is 2.09. The van der Waals surface area contributed by atoms with Gasteiger partial charge in [0.15, 0.2) is 0 Å². The smallest absolute Gasteiger partial charge is 0.280 e. The summed E-state index contributed by atoms with van der Waals surface area (Å²) in [6.45, 7) is 6.85. The first kappa shape index (κ1) is 17.2. The molecule has 1 unspecified atom stereocenters. The van der Waals surface area contributed by atoms with Crippen molar-refractivity contribution in [2.45, 2.75) is 26.9 Å². The van der Waals surface area contributed by atoms with Crippen molar-refractivity contribution in [3.8, 4) is 5.69 Å². The zero-order chi connectivity index (χ0) is 17.8. The highest BCUT2D eigenvalue weighted by Gasteiger charge is 2.20. The van der Waals surface area contributed by atoms with E-state index >= 15 is 0 Å². The lowest BCUT2D eigenvalue weighted by atomic mass is 10.2. The fourth-order valence-electron chi connectivity index (χ4n) is 3.27. The fourth-order valence-corrected chi connectivity index (χ4v) is 3.27. The zero-order valence-electron chi connectivity index (χ0n) is 15.2. The highest BCUT2D eigenvalue weighted by molar-refractivity contribution is 5.33. The molecule has 130 valence electrons. The molecule has 1 N–H and O–H groups in total. The van der Waals surface area contributed by atoms with Gasteiger partial charge in [-0.2, -0.15) is 0 Å². The van der Waals surface area contributed by atoms with Crippen LogP contribution in [0.3, 0.4) is 0 Å². The third kappa shape index (κ3) is 3.59. The van der Waals surface area contributed by atoms with Crippen molar-refractivity contribution in [3.63, 3.8) is 0 Å². The fraction of sp³-hybridized carbons (Fsp3) is 0.286. The summed E-state index contributed by atoms with van der Waals surface area (Å²) in [5.41, 5.74) is 4.24. The number of hydrogen-bond donors (Lipinski definition) is 1. The maximum Gasteiger partial charge on any atom is 0.280 e. The van der Waals surface area contributed by atoms with E-state index in [1.54, 1.807) is 4.68 Å². The maximum atomic E-state index is 13.0. The lowest BCUT2D eigenvalue weighted by molar-refractivity contribution is -0.925. The van der Waals surface area contributed by atoms with Gasteiger partial charge in [0.05, 0.1) is 17.8 Å². The van der Waals surface area contributed by atoms with Crippen LogP contribution in [0.2, 0.25) is 0 Å². The number of benzene rings is 2. The van der Waals surface area contributed by atoms with Crippen LogP contribution in [0.15, 0.2) is 65.5 Å². The molecule has 0 fully saturated rings. The summed E-state index contributed by atoms with van der Waals surface area (Å²) < 4.78 is 3.73. The zero-order valence-corrected chi connectivity index (χ0v) is 15.2. The first-order chi connectivity index (χ1) is 12.1. The van der Waals surface area contributed by atoms with Gasteiger partial charge < -0.3 is 4.90 Å². The van der Waals surface area contributed by atoms with E-state index < -0.39 is 0 Å². The van der Waals surface area contributed by atoms with Crippen LogP contribution in [0.5, 0.6) is 0 Å². The summed E-state index contributed by atoms with van der Waals surface area (Å²) in [5, 5.41) is 0. The summed E-state index contributed by atoms with van der Waals surface area (Å²) >= 11 is 0. The van der Waals surface area contributed by atoms with Crippen LogP contribution in [-0.4, -0.2) is 15.9 Å². The molecular weight excluding hydrogens is 310 g/mol. The molecule has 4 nitrogen and oxygen atoms in total. The van der Waals surface area contributed by atoms with Gasteiger partial charge in [-0.15, -0.1) is 0 Å². The number of para-hydroxylation sites is 1. The second kappa shape index (κ2) is 7.53. The van der Waals surface area contributed by atoms with E-state index in [0.717, 1.165) is 36.6 Å². The van der Waals surface area contributed by atoms with Gasteiger partial charge in [-0.25, -0.2) is 4.68 Å². The van der Waals surface area contributed by atoms with Crippen molar-refractivity contribution in [2.24, 2.45) is 7.05 Å². The molecule has 3 rings (SSSR count). The van der Waals surface area contributed by atoms with Crippen molar-refractivity contribution < 1.29 is 4.90 Å². The molecule has 0 aliphatic carbocycles. The number of nitrogens with zero attached hydrogens (tertiary/aromatic N) is 2. The Bertz CT molecular complexity index is 879. The Morgan fingerprint density at radius 1 is 0.920 bits per heavy atom. The van der Waals surface area contributed by atoms with Crippen LogP contribution in [0.1, 0.15) is 23.7 Å². The van der Waals surface area contributed by atoms with Gasteiger partial charge in [0, 0.05) is 18.3 Å². The molecule has 0 saturated heterocycles. The molecule has 0 saturated carbocycles. The molecule has 4 heteroatoms. The molecule has 0 aliphatic heterocycles. The average molecular weight is 336 g/mol. The summed E-state index contributed by atoms with van der Waals surface area (Å²) in [4.78, 5) is 14.4. The van der Waals surface area contributed by atoms with E-state index in [4.69, 9.17) is 0 Å². The molecule has 1 heterocycles. The summed E-state index contributed by atoms with van der Waals surface area (Å²) in [5.74, 6) is 0. The minimum absolute atomic E-state index is 0.0882. The highest BCUT2D eigenvalue weighted by atomic mass is 16.1. The molecule has 1 atom stereocenters.